The van der Waals surface area contributed by atoms with E-state index in [0.29, 0.717) is 5.92 Å². The van der Waals surface area contributed by atoms with Gasteiger partial charge in [-0.25, -0.2) is 0 Å². The molecule has 0 aromatic carbocycles. The number of rotatable bonds is 1. The maximum atomic E-state index is 5.72. The van der Waals surface area contributed by atoms with E-state index in [4.69, 9.17) is 5.73 Å². The Kier molecular flexibility index (Phi) is 2.10. The average molecular weight is 133 g/mol. The Balaban J connectivity index is 3.03. The Morgan fingerprint density at radius 1 is 1.50 bits per heavy atom. The fourth-order valence-electron chi connectivity index (χ4n) is 1.04. The first-order valence-corrected chi connectivity index (χ1v) is 3.56. The molecule has 2 heteroatoms. The Morgan fingerprint density at radius 3 is 2.60 bits per heavy atom. The van der Waals surface area contributed by atoms with Crippen LogP contribution in [0.25, 0.3) is 0 Å². The third-order valence-electron chi connectivity index (χ3n) is 1.62. The van der Waals surface area contributed by atoms with Crippen LogP contribution in [-0.2, 0) is 0 Å². The van der Waals surface area contributed by atoms with Gasteiger partial charge in [-0.1, -0.05) is 0 Å². The fourth-order valence-corrected chi connectivity index (χ4v) is 1.04. The standard InChI is InChI=1S/C8H12BN/c1-6(2)7-5-9-4-3-8(7)10/h3-6H,10H2,1-2H3. The van der Waals surface area contributed by atoms with E-state index in [9.17, 15) is 0 Å². The predicted molar refractivity (Wildman–Crippen MR) is 46.3 cm³/mol. The van der Waals surface area contributed by atoms with Gasteiger partial charge in [-0.05, 0) is 0 Å². The molecule has 0 bridgehead atoms. The predicted octanol–water partition coefficient (Wildman–Crippen LogP) is 1.73. The number of nitrogens with two attached hydrogens (primary N) is 1. The molecule has 1 aromatic heterocycles. The molecule has 52 valence electrons. The summed E-state index contributed by atoms with van der Waals surface area (Å²) in [5, 5.41) is 0. The van der Waals surface area contributed by atoms with Crippen molar-refractivity contribution in [3.05, 3.63) is 23.6 Å². The molecule has 0 aliphatic heterocycles. The minimum atomic E-state index is 0.529. The van der Waals surface area contributed by atoms with Crippen LogP contribution in [0.4, 0.5) is 5.69 Å². The van der Waals surface area contributed by atoms with Crippen LogP contribution in [0.3, 0.4) is 0 Å². The fraction of sp³-hybridized carbons (Fsp3) is 0.375. The third-order valence-corrected chi connectivity index (χ3v) is 1.62. The molecule has 2 N–H and O–H groups in total. The first-order valence-electron chi connectivity index (χ1n) is 3.56. The quantitative estimate of drug-likeness (QED) is 0.620. The van der Waals surface area contributed by atoms with Crippen LogP contribution in [0.5, 0.6) is 0 Å². The second-order valence-corrected chi connectivity index (χ2v) is 2.78. The molecule has 0 saturated heterocycles. The molecule has 0 atom stereocenters. The van der Waals surface area contributed by atoms with E-state index in [1.807, 2.05) is 18.9 Å². The van der Waals surface area contributed by atoms with Crippen molar-refractivity contribution < 1.29 is 0 Å². The van der Waals surface area contributed by atoms with Crippen molar-refractivity contribution in [2.24, 2.45) is 0 Å². The summed E-state index contributed by atoms with van der Waals surface area (Å²) in [6.07, 6.45) is 0. The summed E-state index contributed by atoms with van der Waals surface area (Å²) in [5.41, 5.74) is 7.86. The van der Waals surface area contributed by atoms with Gasteiger partial charge >= 0.3 is 61.6 Å². The first kappa shape index (κ1) is 7.32. The molecule has 1 rings (SSSR count). The average Bonchev–Trinajstić information content (AvgIpc) is 1.88. The monoisotopic (exact) mass is 133 g/mol. The van der Waals surface area contributed by atoms with Crippen molar-refractivity contribution in [2.75, 3.05) is 5.73 Å². The zero-order chi connectivity index (χ0) is 7.56. The van der Waals surface area contributed by atoms with Crippen LogP contribution in [0, 0.1) is 0 Å². The molecule has 0 radical (unpaired) electrons. The Bertz CT molecular complexity index is 220. The summed E-state index contributed by atoms with van der Waals surface area (Å²) in [6.45, 7) is 6.31. The van der Waals surface area contributed by atoms with E-state index in [1.54, 1.807) is 0 Å². The van der Waals surface area contributed by atoms with E-state index in [0.717, 1.165) is 5.69 Å². The molecule has 0 aliphatic rings. The maximum absolute atomic E-state index is 5.72. The Labute approximate surface area is 62.5 Å². The van der Waals surface area contributed by atoms with Crippen LogP contribution >= 0.6 is 0 Å². The van der Waals surface area contributed by atoms with Gasteiger partial charge in [-0.3, -0.25) is 0 Å². The normalized spacial score (nSPS) is 9.90. The molecule has 0 spiro atoms. The Hall–Kier alpha value is -0.785. The molecule has 1 nitrogen and oxygen atoms in total. The number of hydrogen-bond donors (Lipinski definition) is 1. The molecule has 10 heavy (non-hydrogen) atoms. The third kappa shape index (κ3) is 1.38. The summed E-state index contributed by atoms with van der Waals surface area (Å²) in [5.74, 6) is 4.56. The summed E-state index contributed by atoms with van der Waals surface area (Å²) >= 11 is 0. The molecule has 0 saturated carbocycles. The van der Waals surface area contributed by atoms with Gasteiger partial charge in [-0.2, -0.15) is 0 Å². The van der Waals surface area contributed by atoms with Gasteiger partial charge in [0.15, 0.2) is 0 Å². The number of anilines is 1. The van der Waals surface area contributed by atoms with Gasteiger partial charge in [0.05, 0.1) is 0 Å². The van der Waals surface area contributed by atoms with Gasteiger partial charge in [0.2, 0.25) is 0 Å². The van der Waals surface area contributed by atoms with Gasteiger partial charge in [0.25, 0.3) is 0 Å². The van der Waals surface area contributed by atoms with Crippen LogP contribution in [-0.4, -0.2) is 6.91 Å². The number of hydrogen-bond acceptors (Lipinski definition) is 1. The summed E-state index contributed by atoms with van der Waals surface area (Å²) in [6, 6.07) is 1.94. The second-order valence-electron chi connectivity index (χ2n) is 2.78. The first-order chi connectivity index (χ1) is 4.72. The van der Waals surface area contributed by atoms with Crippen LogP contribution in [0.1, 0.15) is 25.3 Å². The second kappa shape index (κ2) is 2.87. The molecule has 0 unspecified atom stereocenters. The molecule has 0 fully saturated rings. The minimum absolute atomic E-state index is 0.529. The van der Waals surface area contributed by atoms with Crippen LogP contribution < -0.4 is 5.73 Å². The van der Waals surface area contributed by atoms with Crippen molar-refractivity contribution >= 4 is 12.6 Å². The molecular formula is C8H12BN. The van der Waals surface area contributed by atoms with Crippen LogP contribution in [0.2, 0.25) is 0 Å². The summed E-state index contributed by atoms with van der Waals surface area (Å²) < 4.78 is 0. The zero-order valence-corrected chi connectivity index (χ0v) is 6.46. The number of nitrogen functional groups attached to an aromatic ring is 1. The SMILES string of the molecule is CC(C)c1cbccc1N. The van der Waals surface area contributed by atoms with Crippen molar-refractivity contribution in [2.45, 2.75) is 19.8 Å². The van der Waals surface area contributed by atoms with Crippen molar-refractivity contribution in [1.82, 2.24) is 0 Å². The topological polar surface area (TPSA) is 26.0 Å². The Morgan fingerprint density at radius 2 is 2.20 bits per heavy atom. The van der Waals surface area contributed by atoms with E-state index in [2.05, 4.69) is 19.8 Å². The van der Waals surface area contributed by atoms with E-state index >= 15 is 0 Å². The molecule has 0 amide bonds. The van der Waals surface area contributed by atoms with Crippen molar-refractivity contribution in [1.29, 1.82) is 0 Å². The van der Waals surface area contributed by atoms with E-state index in [1.165, 1.54) is 5.56 Å². The summed E-state index contributed by atoms with van der Waals surface area (Å²) in [7, 11) is 0. The van der Waals surface area contributed by atoms with Gasteiger partial charge < -0.3 is 0 Å². The van der Waals surface area contributed by atoms with Crippen molar-refractivity contribution in [3.63, 3.8) is 0 Å². The zero-order valence-electron chi connectivity index (χ0n) is 6.46. The molecule has 1 heterocycles. The van der Waals surface area contributed by atoms with Gasteiger partial charge in [0, 0.05) is 0 Å². The summed E-state index contributed by atoms with van der Waals surface area (Å²) in [4.78, 5) is 0. The molecule has 1 aromatic rings. The molecular weight excluding hydrogens is 121 g/mol. The van der Waals surface area contributed by atoms with Crippen LogP contribution in [0.15, 0.2) is 18.0 Å². The van der Waals surface area contributed by atoms with E-state index in [-0.39, 0.29) is 0 Å². The van der Waals surface area contributed by atoms with Gasteiger partial charge in [-0.15, -0.1) is 0 Å². The van der Waals surface area contributed by atoms with Gasteiger partial charge in [0.1, 0.15) is 0 Å². The molecule has 0 aliphatic carbocycles. The van der Waals surface area contributed by atoms with Crippen molar-refractivity contribution in [3.8, 4) is 0 Å². The van der Waals surface area contributed by atoms with E-state index < -0.39 is 0 Å².